The minimum Gasteiger partial charge on any atom is -0.478 e. The zero-order chi connectivity index (χ0) is 13.1. The van der Waals surface area contributed by atoms with E-state index in [2.05, 4.69) is 5.32 Å². The number of aromatic carboxylic acids is 1. The quantitative estimate of drug-likeness (QED) is 0.875. The molecule has 0 aromatic heterocycles. The van der Waals surface area contributed by atoms with E-state index < -0.39 is 5.97 Å². The van der Waals surface area contributed by atoms with E-state index >= 15 is 0 Å². The van der Waals surface area contributed by atoms with Gasteiger partial charge in [-0.15, -0.1) is 0 Å². The molecule has 0 saturated heterocycles. The van der Waals surface area contributed by atoms with Crippen LogP contribution < -0.4 is 5.32 Å². The van der Waals surface area contributed by atoms with Crippen molar-refractivity contribution in [1.82, 2.24) is 0 Å². The van der Waals surface area contributed by atoms with E-state index in [0.29, 0.717) is 10.7 Å². The van der Waals surface area contributed by atoms with Crippen LogP contribution in [0.4, 0.5) is 11.4 Å². The van der Waals surface area contributed by atoms with Crippen molar-refractivity contribution < 1.29 is 9.90 Å². The molecule has 92 valence electrons. The minimum atomic E-state index is -0.959. The number of rotatable bonds is 3. The lowest BCUT2D eigenvalue weighted by Gasteiger charge is -2.10. The Kier molecular flexibility index (Phi) is 3.53. The highest BCUT2D eigenvalue weighted by molar-refractivity contribution is 6.30. The molecule has 0 aliphatic heterocycles. The van der Waals surface area contributed by atoms with E-state index in [9.17, 15) is 4.79 Å². The van der Waals surface area contributed by atoms with Gasteiger partial charge in [-0.05, 0) is 42.8 Å². The van der Waals surface area contributed by atoms with Gasteiger partial charge in [0.05, 0.1) is 11.3 Å². The zero-order valence-electron chi connectivity index (χ0n) is 9.77. The van der Waals surface area contributed by atoms with E-state index in [1.54, 1.807) is 36.4 Å². The monoisotopic (exact) mass is 261 g/mol. The Balaban J connectivity index is 2.39. The maximum atomic E-state index is 11.1. The summed E-state index contributed by atoms with van der Waals surface area (Å²) in [6.07, 6.45) is 0. The minimum absolute atomic E-state index is 0.237. The lowest BCUT2D eigenvalue weighted by molar-refractivity contribution is 0.0698. The molecule has 0 spiro atoms. The predicted octanol–water partition coefficient (Wildman–Crippen LogP) is 4.09. The highest BCUT2D eigenvalue weighted by Gasteiger charge is 2.10. The van der Waals surface area contributed by atoms with Crippen LogP contribution >= 0.6 is 11.6 Å². The standard InChI is InChI=1S/C14H12ClNO2/c1-9-5-6-12(14(17)18)13(7-9)16-11-4-2-3-10(15)8-11/h2-8,16H,1H3,(H,17,18). The lowest BCUT2D eigenvalue weighted by atomic mass is 10.1. The number of carboxylic acids is 1. The van der Waals surface area contributed by atoms with Gasteiger partial charge in [-0.25, -0.2) is 4.79 Å². The third kappa shape index (κ3) is 2.81. The molecular formula is C14H12ClNO2. The summed E-state index contributed by atoms with van der Waals surface area (Å²) in [5.74, 6) is -0.959. The van der Waals surface area contributed by atoms with E-state index in [0.717, 1.165) is 11.3 Å². The van der Waals surface area contributed by atoms with Crippen LogP contribution in [0.15, 0.2) is 42.5 Å². The van der Waals surface area contributed by atoms with Gasteiger partial charge in [-0.1, -0.05) is 23.7 Å². The number of carbonyl (C=O) groups is 1. The summed E-state index contributed by atoms with van der Waals surface area (Å²) in [5.41, 5.74) is 2.55. The van der Waals surface area contributed by atoms with Gasteiger partial charge >= 0.3 is 5.97 Å². The second-order valence-electron chi connectivity index (χ2n) is 3.99. The highest BCUT2D eigenvalue weighted by Crippen LogP contribution is 2.24. The molecule has 0 amide bonds. The van der Waals surface area contributed by atoms with Crippen molar-refractivity contribution in [2.45, 2.75) is 6.92 Å². The van der Waals surface area contributed by atoms with Gasteiger partial charge in [0.1, 0.15) is 0 Å². The summed E-state index contributed by atoms with van der Waals surface area (Å²) >= 11 is 5.89. The van der Waals surface area contributed by atoms with Crippen LogP contribution in [-0.4, -0.2) is 11.1 Å². The van der Waals surface area contributed by atoms with Gasteiger partial charge < -0.3 is 10.4 Å². The van der Waals surface area contributed by atoms with Crippen molar-refractivity contribution in [3.05, 3.63) is 58.6 Å². The second-order valence-corrected chi connectivity index (χ2v) is 4.43. The smallest absolute Gasteiger partial charge is 0.337 e. The number of carboxylic acid groups (broad SMARTS) is 1. The van der Waals surface area contributed by atoms with Gasteiger partial charge in [-0.3, -0.25) is 0 Å². The first kappa shape index (κ1) is 12.5. The van der Waals surface area contributed by atoms with E-state index in [4.69, 9.17) is 16.7 Å². The van der Waals surface area contributed by atoms with Crippen molar-refractivity contribution in [3.63, 3.8) is 0 Å². The highest BCUT2D eigenvalue weighted by atomic mass is 35.5. The summed E-state index contributed by atoms with van der Waals surface area (Å²) in [4.78, 5) is 11.1. The second kappa shape index (κ2) is 5.10. The SMILES string of the molecule is Cc1ccc(C(=O)O)c(Nc2cccc(Cl)c2)c1. The van der Waals surface area contributed by atoms with Crippen molar-refractivity contribution in [3.8, 4) is 0 Å². The van der Waals surface area contributed by atoms with Crippen LogP contribution in [0.5, 0.6) is 0 Å². The van der Waals surface area contributed by atoms with E-state index in [1.807, 2.05) is 13.0 Å². The van der Waals surface area contributed by atoms with Gasteiger partial charge in [0.2, 0.25) is 0 Å². The van der Waals surface area contributed by atoms with Gasteiger partial charge in [0.25, 0.3) is 0 Å². The Morgan fingerprint density at radius 1 is 1.22 bits per heavy atom. The number of nitrogens with one attached hydrogen (secondary N) is 1. The molecule has 0 aliphatic rings. The average Bonchev–Trinajstić information content (AvgIpc) is 2.28. The lowest BCUT2D eigenvalue weighted by Crippen LogP contribution is -2.03. The first-order valence-electron chi connectivity index (χ1n) is 5.43. The van der Waals surface area contributed by atoms with Gasteiger partial charge in [0, 0.05) is 10.7 Å². The molecule has 4 heteroatoms. The maximum absolute atomic E-state index is 11.1. The molecule has 0 saturated carbocycles. The summed E-state index contributed by atoms with van der Waals surface area (Å²) in [5, 5.41) is 12.8. The van der Waals surface area contributed by atoms with E-state index in [-0.39, 0.29) is 5.56 Å². The molecule has 0 aliphatic carbocycles. The fraction of sp³-hybridized carbons (Fsp3) is 0.0714. The molecule has 2 aromatic carbocycles. The zero-order valence-corrected chi connectivity index (χ0v) is 10.5. The molecule has 3 nitrogen and oxygen atoms in total. The predicted molar refractivity (Wildman–Crippen MR) is 72.9 cm³/mol. The molecular weight excluding hydrogens is 250 g/mol. The Morgan fingerprint density at radius 3 is 2.67 bits per heavy atom. The fourth-order valence-corrected chi connectivity index (χ4v) is 1.86. The molecule has 0 fully saturated rings. The van der Waals surface area contributed by atoms with Crippen LogP contribution in [0.3, 0.4) is 0 Å². The number of benzene rings is 2. The van der Waals surface area contributed by atoms with Crippen LogP contribution in [0.2, 0.25) is 5.02 Å². The molecule has 0 heterocycles. The van der Waals surface area contributed by atoms with Crippen LogP contribution in [0.1, 0.15) is 15.9 Å². The number of hydrogen-bond acceptors (Lipinski definition) is 2. The van der Waals surface area contributed by atoms with Crippen molar-refractivity contribution >= 4 is 28.9 Å². The van der Waals surface area contributed by atoms with Gasteiger partial charge in [-0.2, -0.15) is 0 Å². The van der Waals surface area contributed by atoms with Crippen LogP contribution in [0.25, 0.3) is 0 Å². The molecule has 0 atom stereocenters. The maximum Gasteiger partial charge on any atom is 0.337 e. The Labute approximate surface area is 110 Å². The Morgan fingerprint density at radius 2 is 2.00 bits per heavy atom. The Bertz CT molecular complexity index is 596. The van der Waals surface area contributed by atoms with Crippen molar-refractivity contribution in [2.75, 3.05) is 5.32 Å². The molecule has 0 bridgehead atoms. The van der Waals surface area contributed by atoms with E-state index in [1.165, 1.54) is 0 Å². The molecule has 2 aromatic rings. The number of aryl methyl sites for hydroxylation is 1. The van der Waals surface area contributed by atoms with Crippen molar-refractivity contribution in [1.29, 1.82) is 0 Å². The number of hydrogen-bond donors (Lipinski definition) is 2. The average molecular weight is 262 g/mol. The number of anilines is 2. The summed E-state index contributed by atoms with van der Waals surface area (Å²) in [6, 6.07) is 12.3. The summed E-state index contributed by atoms with van der Waals surface area (Å²) < 4.78 is 0. The molecule has 2 rings (SSSR count). The summed E-state index contributed by atoms with van der Waals surface area (Å²) in [7, 11) is 0. The van der Waals surface area contributed by atoms with Gasteiger partial charge in [0.15, 0.2) is 0 Å². The third-order valence-electron chi connectivity index (χ3n) is 2.51. The van der Waals surface area contributed by atoms with Crippen LogP contribution in [0, 0.1) is 6.92 Å². The molecule has 18 heavy (non-hydrogen) atoms. The molecule has 2 N–H and O–H groups in total. The first-order chi connectivity index (χ1) is 8.56. The molecule has 0 radical (unpaired) electrons. The third-order valence-corrected chi connectivity index (χ3v) is 2.74. The summed E-state index contributed by atoms with van der Waals surface area (Å²) in [6.45, 7) is 1.91. The largest absolute Gasteiger partial charge is 0.478 e. The number of halogens is 1. The fourth-order valence-electron chi connectivity index (χ4n) is 1.67. The first-order valence-corrected chi connectivity index (χ1v) is 5.80. The molecule has 0 unspecified atom stereocenters. The van der Waals surface area contributed by atoms with Crippen LogP contribution in [-0.2, 0) is 0 Å². The van der Waals surface area contributed by atoms with Crippen molar-refractivity contribution in [2.24, 2.45) is 0 Å². The normalized spacial score (nSPS) is 10.1. The Hall–Kier alpha value is -2.00. The topological polar surface area (TPSA) is 49.3 Å².